The smallest absolute Gasteiger partial charge is 0.254 e. The molecule has 1 aliphatic heterocycles. The van der Waals surface area contributed by atoms with Crippen LogP contribution in [0, 0.1) is 0 Å². The second kappa shape index (κ2) is 10.5. The van der Waals surface area contributed by atoms with Crippen LogP contribution < -0.4 is 0 Å². The molecular formula is C19H30N2O4. The monoisotopic (exact) mass is 350 g/mol. The number of ether oxygens (including phenoxy) is 2. The molecule has 0 aliphatic carbocycles. The van der Waals surface area contributed by atoms with Crippen LogP contribution in [0.25, 0.3) is 0 Å². The van der Waals surface area contributed by atoms with Crippen LogP contribution in [0.4, 0.5) is 0 Å². The molecule has 0 bridgehead atoms. The van der Waals surface area contributed by atoms with Crippen LogP contribution >= 0.6 is 0 Å². The summed E-state index contributed by atoms with van der Waals surface area (Å²) in [6.45, 7) is 6.34. The first-order valence-corrected chi connectivity index (χ1v) is 8.99. The highest BCUT2D eigenvalue weighted by Crippen LogP contribution is 2.11. The molecule has 1 aromatic rings. The Bertz CT molecular complexity index is 511. The number of carbonyl (C=O) groups is 1. The number of methoxy groups -OCH3 is 1. The summed E-state index contributed by atoms with van der Waals surface area (Å²) in [4.78, 5) is 16.8. The summed E-state index contributed by atoms with van der Waals surface area (Å²) in [5, 5.41) is 9.87. The zero-order valence-corrected chi connectivity index (χ0v) is 15.3. The molecule has 1 saturated heterocycles. The van der Waals surface area contributed by atoms with E-state index in [0.717, 1.165) is 19.5 Å². The summed E-state index contributed by atoms with van der Waals surface area (Å²) in [7, 11) is 1.64. The number of β-amino-alcohol motifs (C(OH)–C–C–N with tert-alkyl or cyclic N) is 1. The van der Waals surface area contributed by atoms with Gasteiger partial charge in [-0.3, -0.25) is 9.69 Å². The molecule has 2 atom stereocenters. The number of amides is 1. The number of aliphatic hydroxyl groups excluding tert-OH is 1. The number of hydrogen-bond acceptors (Lipinski definition) is 5. The van der Waals surface area contributed by atoms with Gasteiger partial charge in [-0.25, -0.2) is 0 Å². The Kier molecular flexibility index (Phi) is 8.34. The van der Waals surface area contributed by atoms with Crippen LogP contribution in [-0.2, 0) is 9.47 Å². The average Bonchev–Trinajstić information content (AvgIpc) is 2.65. The number of rotatable bonds is 9. The van der Waals surface area contributed by atoms with Crippen LogP contribution in [0.3, 0.4) is 0 Å². The largest absolute Gasteiger partial charge is 0.392 e. The summed E-state index contributed by atoms with van der Waals surface area (Å²) < 4.78 is 11.0. The molecule has 25 heavy (non-hydrogen) atoms. The Labute approximate surface area is 150 Å². The fourth-order valence-corrected chi connectivity index (χ4v) is 2.97. The van der Waals surface area contributed by atoms with E-state index in [0.29, 0.717) is 38.4 Å². The molecule has 6 heteroatoms. The number of morpholine rings is 1. The van der Waals surface area contributed by atoms with Crippen LogP contribution in [0.5, 0.6) is 0 Å². The van der Waals surface area contributed by atoms with E-state index in [9.17, 15) is 9.90 Å². The van der Waals surface area contributed by atoms with Gasteiger partial charge in [0.1, 0.15) is 0 Å². The molecule has 140 valence electrons. The second-order valence-electron chi connectivity index (χ2n) is 6.42. The maximum absolute atomic E-state index is 12.8. The molecule has 0 spiro atoms. The zero-order chi connectivity index (χ0) is 18.1. The third kappa shape index (κ3) is 6.40. The third-order valence-electron chi connectivity index (χ3n) is 4.46. The summed E-state index contributed by atoms with van der Waals surface area (Å²) in [6, 6.07) is 9.29. The predicted molar refractivity (Wildman–Crippen MR) is 96.7 cm³/mol. The Balaban J connectivity index is 1.97. The quantitative estimate of drug-likeness (QED) is 0.726. The summed E-state index contributed by atoms with van der Waals surface area (Å²) in [5.41, 5.74) is 0.674. The summed E-state index contributed by atoms with van der Waals surface area (Å²) >= 11 is 0. The van der Waals surface area contributed by atoms with Crippen molar-refractivity contribution in [3.8, 4) is 0 Å². The van der Waals surface area contributed by atoms with Gasteiger partial charge < -0.3 is 19.5 Å². The highest BCUT2D eigenvalue weighted by molar-refractivity contribution is 5.94. The van der Waals surface area contributed by atoms with Crippen molar-refractivity contribution in [1.29, 1.82) is 0 Å². The molecule has 1 aliphatic rings. The second-order valence-corrected chi connectivity index (χ2v) is 6.42. The van der Waals surface area contributed by atoms with E-state index >= 15 is 0 Å². The van der Waals surface area contributed by atoms with Gasteiger partial charge in [0.15, 0.2) is 0 Å². The SMILES string of the molecule is CC[C@@H](O)CN1CCO[C@H](CN(CCOC)C(=O)c2ccccc2)C1. The van der Waals surface area contributed by atoms with E-state index < -0.39 is 0 Å². The molecule has 1 aromatic carbocycles. The van der Waals surface area contributed by atoms with Gasteiger partial charge in [0.05, 0.1) is 25.4 Å². The van der Waals surface area contributed by atoms with Gasteiger partial charge in [0.2, 0.25) is 0 Å². The topological polar surface area (TPSA) is 62.2 Å². The Morgan fingerprint density at radius 2 is 2.20 bits per heavy atom. The van der Waals surface area contributed by atoms with Crippen molar-refractivity contribution in [3.05, 3.63) is 35.9 Å². The molecule has 1 fully saturated rings. The first-order valence-electron chi connectivity index (χ1n) is 8.99. The predicted octanol–water partition coefficient (Wildman–Crippen LogP) is 1.25. The van der Waals surface area contributed by atoms with E-state index in [4.69, 9.17) is 9.47 Å². The Hall–Kier alpha value is -1.47. The van der Waals surface area contributed by atoms with Gasteiger partial charge in [-0.15, -0.1) is 0 Å². The molecule has 1 amide bonds. The van der Waals surface area contributed by atoms with Gasteiger partial charge in [0, 0.05) is 45.4 Å². The minimum atomic E-state index is -0.311. The normalized spacial score (nSPS) is 19.6. The number of nitrogens with zero attached hydrogens (tertiary/aromatic N) is 2. The maximum Gasteiger partial charge on any atom is 0.254 e. The van der Waals surface area contributed by atoms with Crippen molar-refractivity contribution in [2.24, 2.45) is 0 Å². The highest BCUT2D eigenvalue weighted by Gasteiger charge is 2.26. The van der Waals surface area contributed by atoms with E-state index in [1.54, 1.807) is 12.0 Å². The van der Waals surface area contributed by atoms with Crippen LogP contribution in [0.1, 0.15) is 23.7 Å². The van der Waals surface area contributed by atoms with Crippen molar-refractivity contribution < 1.29 is 19.4 Å². The van der Waals surface area contributed by atoms with Crippen LogP contribution in [-0.4, -0.2) is 86.1 Å². The molecule has 0 unspecified atom stereocenters. The zero-order valence-electron chi connectivity index (χ0n) is 15.3. The molecule has 2 rings (SSSR count). The molecule has 6 nitrogen and oxygen atoms in total. The van der Waals surface area contributed by atoms with Crippen molar-refractivity contribution in [1.82, 2.24) is 9.80 Å². The van der Waals surface area contributed by atoms with Gasteiger partial charge in [-0.05, 0) is 18.6 Å². The van der Waals surface area contributed by atoms with Gasteiger partial charge in [0.25, 0.3) is 5.91 Å². The minimum absolute atomic E-state index is 0.00744. The maximum atomic E-state index is 12.8. The van der Waals surface area contributed by atoms with Gasteiger partial charge >= 0.3 is 0 Å². The van der Waals surface area contributed by atoms with E-state index in [1.165, 1.54) is 0 Å². The van der Waals surface area contributed by atoms with Crippen LogP contribution in [0.2, 0.25) is 0 Å². The molecule has 1 heterocycles. The van der Waals surface area contributed by atoms with E-state index in [1.807, 2.05) is 37.3 Å². The van der Waals surface area contributed by atoms with Gasteiger partial charge in [-0.1, -0.05) is 25.1 Å². The Morgan fingerprint density at radius 3 is 2.88 bits per heavy atom. The number of carbonyl (C=O) groups excluding carboxylic acids is 1. The highest BCUT2D eigenvalue weighted by atomic mass is 16.5. The molecule has 1 N–H and O–H groups in total. The molecular weight excluding hydrogens is 320 g/mol. The minimum Gasteiger partial charge on any atom is -0.392 e. The summed E-state index contributed by atoms with van der Waals surface area (Å²) in [5.74, 6) is -0.00744. The standard InChI is InChI=1S/C19H30N2O4/c1-3-17(22)13-20-9-12-25-18(14-20)15-21(10-11-24-2)19(23)16-7-5-4-6-8-16/h4-8,17-18,22H,3,9-15H2,1-2H3/t17-,18+/m1/s1. The lowest BCUT2D eigenvalue weighted by Crippen LogP contribution is -2.50. The lowest BCUT2D eigenvalue weighted by molar-refractivity contribution is -0.0517. The molecule has 0 saturated carbocycles. The van der Waals surface area contributed by atoms with Crippen molar-refractivity contribution in [2.45, 2.75) is 25.6 Å². The van der Waals surface area contributed by atoms with Crippen molar-refractivity contribution in [2.75, 3.05) is 53.0 Å². The van der Waals surface area contributed by atoms with E-state index in [2.05, 4.69) is 4.90 Å². The fraction of sp³-hybridized carbons (Fsp3) is 0.632. The lowest BCUT2D eigenvalue weighted by atomic mass is 10.1. The fourth-order valence-electron chi connectivity index (χ4n) is 2.97. The molecule has 0 radical (unpaired) electrons. The molecule has 0 aromatic heterocycles. The van der Waals surface area contributed by atoms with Crippen molar-refractivity contribution >= 4 is 5.91 Å². The summed E-state index contributed by atoms with van der Waals surface area (Å²) in [6.07, 6.45) is 0.380. The third-order valence-corrected chi connectivity index (χ3v) is 4.46. The van der Waals surface area contributed by atoms with E-state index in [-0.39, 0.29) is 18.1 Å². The number of hydrogen-bond donors (Lipinski definition) is 1. The number of aliphatic hydroxyl groups is 1. The Morgan fingerprint density at radius 1 is 1.44 bits per heavy atom. The first-order chi connectivity index (χ1) is 12.1. The lowest BCUT2D eigenvalue weighted by Gasteiger charge is -2.36. The van der Waals surface area contributed by atoms with Gasteiger partial charge in [-0.2, -0.15) is 0 Å². The average molecular weight is 350 g/mol. The van der Waals surface area contributed by atoms with Crippen LogP contribution in [0.15, 0.2) is 30.3 Å². The number of benzene rings is 1. The first kappa shape index (κ1) is 19.8. The van der Waals surface area contributed by atoms with Crippen molar-refractivity contribution in [3.63, 3.8) is 0 Å².